The average Bonchev–Trinajstić information content (AvgIpc) is 2.12. The maximum Gasteiger partial charge on any atom is 0.105 e. The van der Waals surface area contributed by atoms with Crippen LogP contribution in [0.25, 0.3) is 0 Å². The van der Waals surface area contributed by atoms with Gasteiger partial charge < -0.3 is 10.2 Å². The van der Waals surface area contributed by atoms with Gasteiger partial charge in [-0.25, -0.2) is 0 Å². The van der Waals surface area contributed by atoms with Crippen LogP contribution in [0.2, 0.25) is 0 Å². The molecule has 1 aliphatic carbocycles. The molecule has 0 aromatic heterocycles. The molecule has 0 spiro atoms. The third-order valence-corrected chi connectivity index (χ3v) is 3.27. The van der Waals surface area contributed by atoms with Crippen LogP contribution in [0.4, 0.5) is 0 Å². The minimum Gasteiger partial charge on any atom is -0.390 e. The van der Waals surface area contributed by atoms with Crippen LogP contribution in [0.5, 0.6) is 0 Å². The summed E-state index contributed by atoms with van der Waals surface area (Å²) in [5, 5.41) is 19.1. The number of aliphatic hydroxyl groups is 2. The smallest absolute Gasteiger partial charge is 0.105 e. The van der Waals surface area contributed by atoms with Gasteiger partial charge in [0.25, 0.3) is 0 Å². The molecule has 0 saturated heterocycles. The predicted molar refractivity (Wildman–Crippen MR) is 53.4 cm³/mol. The molecule has 0 radical (unpaired) electrons. The summed E-state index contributed by atoms with van der Waals surface area (Å²) in [5.41, 5.74) is 1.98. The van der Waals surface area contributed by atoms with Gasteiger partial charge in [-0.1, -0.05) is 28.1 Å². The first-order valence-corrected chi connectivity index (χ1v) is 5.13. The first-order chi connectivity index (χ1) is 6.20. The second kappa shape index (κ2) is 3.40. The van der Waals surface area contributed by atoms with Gasteiger partial charge in [0.15, 0.2) is 0 Å². The summed E-state index contributed by atoms with van der Waals surface area (Å²) in [7, 11) is 0. The molecular formula is C10H11BrO2. The second-order valence-electron chi connectivity index (χ2n) is 3.36. The van der Waals surface area contributed by atoms with E-state index in [-0.39, 0.29) is 0 Å². The van der Waals surface area contributed by atoms with E-state index in [9.17, 15) is 10.2 Å². The Hall–Kier alpha value is -0.380. The van der Waals surface area contributed by atoms with E-state index in [4.69, 9.17) is 0 Å². The lowest BCUT2D eigenvalue weighted by Gasteiger charge is -2.26. The van der Waals surface area contributed by atoms with Gasteiger partial charge in [-0.3, -0.25) is 0 Å². The molecule has 0 fully saturated rings. The third kappa shape index (κ3) is 1.52. The quantitative estimate of drug-likeness (QED) is 0.729. The molecule has 70 valence electrons. The van der Waals surface area contributed by atoms with Crippen molar-refractivity contribution in [3.8, 4) is 0 Å². The zero-order valence-corrected chi connectivity index (χ0v) is 8.66. The predicted octanol–water partition coefficient (Wildman–Crippen LogP) is 1.79. The minimum absolute atomic E-state index is 0.609. The highest BCUT2D eigenvalue weighted by atomic mass is 79.9. The van der Waals surface area contributed by atoms with E-state index in [1.54, 1.807) is 0 Å². The molecular weight excluding hydrogens is 232 g/mol. The first kappa shape index (κ1) is 9.19. The Morgan fingerprint density at radius 2 is 2.08 bits per heavy atom. The number of fused-ring (bicyclic) bond motifs is 1. The lowest BCUT2D eigenvalue weighted by Crippen LogP contribution is -2.25. The standard InChI is InChI=1S/C10H11BrO2/c11-8-3-1-2-7-6(8)4-5-9(12)10(7)13/h1-3,9-10,12-13H,4-5H2/t9-,10-/m0/s1. The topological polar surface area (TPSA) is 40.5 Å². The van der Waals surface area contributed by atoms with Crippen molar-refractivity contribution in [2.24, 2.45) is 0 Å². The molecule has 2 nitrogen and oxygen atoms in total. The Balaban J connectivity index is 2.49. The maximum atomic E-state index is 9.68. The third-order valence-electron chi connectivity index (χ3n) is 2.53. The van der Waals surface area contributed by atoms with Crippen LogP contribution < -0.4 is 0 Å². The van der Waals surface area contributed by atoms with Crippen LogP contribution in [0.15, 0.2) is 22.7 Å². The first-order valence-electron chi connectivity index (χ1n) is 4.33. The van der Waals surface area contributed by atoms with Gasteiger partial charge in [0.1, 0.15) is 6.10 Å². The van der Waals surface area contributed by atoms with E-state index in [2.05, 4.69) is 15.9 Å². The molecule has 0 bridgehead atoms. The van der Waals surface area contributed by atoms with E-state index in [0.29, 0.717) is 6.42 Å². The molecule has 1 aliphatic rings. The highest BCUT2D eigenvalue weighted by Crippen LogP contribution is 2.33. The van der Waals surface area contributed by atoms with Gasteiger partial charge in [-0.15, -0.1) is 0 Å². The molecule has 0 amide bonds. The molecule has 1 aromatic rings. The van der Waals surface area contributed by atoms with Crippen molar-refractivity contribution in [2.75, 3.05) is 0 Å². The second-order valence-corrected chi connectivity index (χ2v) is 4.21. The van der Waals surface area contributed by atoms with Gasteiger partial charge in [0.2, 0.25) is 0 Å². The Labute approximate surface area is 85.3 Å². The van der Waals surface area contributed by atoms with Crippen LogP contribution in [0, 0.1) is 0 Å². The van der Waals surface area contributed by atoms with Crippen molar-refractivity contribution in [1.82, 2.24) is 0 Å². The van der Waals surface area contributed by atoms with Crippen LogP contribution in [-0.4, -0.2) is 16.3 Å². The van der Waals surface area contributed by atoms with E-state index < -0.39 is 12.2 Å². The highest BCUT2D eigenvalue weighted by molar-refractivity contribution is 9.10. The number of aliphatic hydroxyl groups excluding tert-OH is 2. The van der Waals surface area contributed by atoms with Gasteiger partial charge in [0.05, 0.1) is 6.10 Å². The normalized spacial score (nSPS) is 27.0. The van der Waals surface area contributed by atoms with Gasteiger partial charge >= 0.3 is 0 Å². The summed E-state index contributed by atoms with van der Waals surface area (Å²) in [6, 6.07) is 5.71. The summed E-state index contributed by atoms with van der Waals surface area (Å²) < 4.78 is 1.02. The molecule has 13 heavy (non-hydrogen) atoms. The molecule has 2 atom stereocenters. The Morgan fingerprint density at radius 3 is 2.85 bits per heavy atom. The largest absolute Gasteiger partial charge is 0.390 e. The number of hydrogen-bond donors (Lipinski definition) is 2. The average molecular weight is 243 g/mol. The van der Waals surface area contributed by atoms with E-state index in [0.717, 1.165) is 22.0 Å². The fourth-order valence-electron chi connectivity index (χ4n) is 1.77. The van der Waals surface area contributed by atoms with Crippen LogP contribution >= 0.6 is 15.9 Å². The van der Waals surface area contributed by atoms with Gasteiger partial charge in [0, 0.05) is 4.47 Å². The number of rotatable bonds is 0. The molecule has 3 heteroatoms. The summed E-state index contributed by atoms with van der Waals surface area (Å²) >= 11 is 3.44. The highest BCUT2D eigenvalue weighted by Gasteiger charge is 2.26. The monoisotopic (exact) mass is 242 g/mol. The molecule has 0 heterocycles. The van der Waals surface area contributed by atoms with E-state index >= 15 is 0 Å². The van der Waals surface area contributed by atoms with Gasteiger partial charge in [-0.05, 0) is 30.0 Å². The lowest BCUT2D eigenvalue weighted by molar-refractivity contribution is 0.00638. The minimum atomic E-state index is -0.721. The molecule has 1 aromatic carbocycles. The van der Waals surface area contributed by atoms with E-state index in [1.165, 1.54) is 0 Å². The van der Waals surface area contributed by atoms with Crippen molar-refractivity contribution < 1.29 is 10.2 Å². The summed E-state index contributed by atoms with van der Waals surface area (Å²) in [6.45, 7) is 0. The van der Waals surface area contributed by atoms with Gasteiger partial charge in [-0.2, -0.15) is 0 Å². The summed E-state index contributed by atoms with van der Waals surface area (Å²) in [5.74, 6) is 0. The Bertz CT molecular complexity index is 325. The summed E-state index contributed by atoms with van der Waals surface area (Å²) in [4.78, 5) is 0. The number of halogens is 1. The van der Waals surface area contributed by atoms with E-state index in [1.807, 2.05) is 18.2 Å². The SMILES string of the molecule is O[C@H]1CCc2c(Br)cccc2[C@@H]1O. The van der Waals surface area contributed by atoms with Crippen molar-refractivity contribution in [3.63, 3.8) is 0 Å². The Morgan fingerprint density at radius 1 is 1.31 bits per heavy atom. The zero-order valence-electron chi connectivity index (χ0n) is 7.07. The maximum absolute atomic E-state index is 9.68. The van der Waals surface area contributed by atoms with Crippen LogP contribution in [-0.2, 0) is 6.42 Å². The fraction of sp³-hybridized carbons (Fsp3) is 0.400. The molecule has 2 N–H and O–H groups in total. The van der Waals surface area contributed by atoms with Crippen LogP contribution in [0.3, 0.4) is 0 Å². The number of hydrogen-bond acceptors (Lipinski definition) is 2. The van der Waals surface area contributed by atoms with Crippen molar-refractivity contribution in [3.05, 3.63) is 33.8 Å². The number of benzene rings is 1. The van der Waals surface area contributed by atoms with Crippen molar-refractivity contribution in [2.45, 2.75) is 25.0 Å². The molecule has 0 aliphatic heterocycles. The summed E-state index contributed by atoms with van der Waals surface area (Å²) in [6.07, 6.45) is 0.134. The molecule has 0 unspecified atom stereocenters. The Kier molecular flexibility index (Phi) is 2.41. The molecule has 0 saturated carbocycles. The van der Waals surface area contributed by atoms with Crippen molar-refractivity contribution in [1.29, 1.82) is 0 Å². The zero-order chi connectivity index (χ0) is 9.42. The van der Waals surface area contributed by atoms with Crippen LogP contribution in [0.1, 0.15) is 23.7 Å². The van der Waals surface area contributed by atoms with Crippen molar-refractivity contribution >= 4 is 15.9 Å². The molecule has 2 rings (SSSR count). The fourth-order valence-corrected chi connectivity index (χ4v) is 2.35. The lowest BCUT2D eigenvalue weighted by atomic mass is 9.87.